The number of rotatable bonds is 3. The number of anilines is 3. The first-order chi connectivity index (χ1) is 29.5. The maximum atomic E-state index is 5.92. The van der Waals surface area contributed by atoms with Gasteiger partial charge in [0.1, 0.15) is 5.65 Å². The first-order valence-electron chi connectivity index (χ1n) is 21.6. The van der Waals surface area contributed by atoms with E-state index in [1.807, 2.05) is 0 Å². The van der Waals surface area contributed by atoms with Crippen LogP contribution in [0.4, 0.5) is 17.1 Å². The van der Waals surface area contributed by atoms with Gasteiger partial charge in [-0.3, -0.25) is 4.40 Å². The molecule has 0 spiro atoms. The van der Waals surface area contributed by atoms with Gasteiger partial charge in [-0.05, 0) is 98.8 Å². The Labute approximate surface area is 353 Å². The van der Waals surface area contributed by atoms with Crippen molar-refractivity contribution in [2.24, 2.45) is 0 Å². The molecule has 13 aromatic rings. The van der Waals surface area contributed by atoms with Crippen LogP contribution in [0.1, 0.15) is 52.7 Å². The van der Waals surface area contributed by atoms with Gasteiger partial charge in [0.05, 0.1) is 38.8 Å². The maximum Gasteiger partial charge on any atom is 0.146 e. The van der Waals surface area contributed by atoms with Gasteiger partial charge in [0.25, 0.3) is 0 Å². The highest BCUT2D eigenvalue weighted by Crippen LogP contribution is 2.51. The zero-order valence-electron chi connectivity index (χ0n) is 35.3. The van der Waals surface area contributed by atoms with Gasteiger partial charge in [-0.2, -0.15) is 0 Å². The molecule has 4 heteroatoms. The van der Waals surface area contributed by atoms with Crippen LogP contribution in [-0.2, 0) is 10.8 Å². The van der Waals surface area contributed by atoms with E-state index < -0.39 is 0 Å². The van der Waals surface area contributed by atoms with E-state index in [-0.39, 0.29) is 10.8 Å². The van der Waals surface area contributed by atoms with Crippen LogP contribution in [0, 0.1) is 0 Å². The third kappa shape index (κ3) is 4.62. The molecule has 13 rings (SSSR count). The summed E-state index contributed by atoms with van der Waals surface area (Å²) in [5, 5.41) is 13.7. The first-order valence-corrected chi connectivity index (χ1v) is 21.6. The molecule has 0 amide bonds. The minimum Gasteiger partial charge on any atom is -0.308 e. The van der Waals surface area contributed by atoms with Crippen LogP contribution in [0.2, 0.25) is 0 Å². The average molecular weight is 785 g/mol. The SMILES string of the molecule is CC(C)(C)c1cc2c3nc4c(cc3n3c5c(N(c6ccccc6)c6ccccc6)cc6ccccc6c5c(c1)c23)c1cc(C(C)(C)C)cc2c3ccc5ccccc5c3n4c12. The molecule has 5 aromatic heterocycles. The van der Waals surface area contributed by atoms with Crippen molar-refractivity contribution in [1.82, 2.24) is 13.8 Å². The second kappa shape index (κ2) is 11.8. The summed E-state index contributed by atoms with van der Waals surface area (Å²) in [7, 11) is 0. The van der Waals surface area contributed by atoms with E-state index in [1.54, 1.807) is 0 Å². The topological polar surface area (TPSA) is 24.9 Å². The van der Waals surface area contributed by atoms with Crippen LogP contribution in [0.25, 0.3) is 98.0 Å². The summed E-state index contributed by atoms with van der Waals surface area (Å²) >= 11 is 0. The summed E-state index contributed by atoms with van der Waals surface area (Å²) in [5.41, 5.74) is 14.0. The smallest absolute Gasteiger partial charge is 0.146 e. The Morgan fingerprint density at radius 2 is 0.951 bits per heavy atom. The molecule has 4 nitrogen and oxygen atoms in total. The number of hydrogen-bond acceptors (Lipinski definition) is 2. The van der Waals surface area contributed by atoms with Gasteiger partial charge in [-0.25, -0.2) is 4.98 Å². The van der Waals surface area contributed by atoms with Gasteiger partial charge < -0.3 is 9.30 Å². The van der Waals surface area contributed by atoms with Crippen molar-refractivity contribution in [3.63, 3.8) is 0 Å². The Bertz CT molecular complexity index is 3890. The first kappa shape index (κ1) is 34.7. The van der Waals surface area contributed by atoms with Crippen molar-refractivity contribution in [3.8, 4) is 0 Å². The monoisotopic (exact) mass is 784 g/mol. The van der Waals surface area contributed by atoms with Crippen LogP contribution >= 0.6 is 0 Å². The second-order valence-corrected chi connectivity index (χ2v) is 19.3. The summed E-state index contributed by atoms with van der Waals surface area (Å²) in [4.78, 5) is 8.36. The molecule has 0 aliphatic rings. The molecule has 8 aromatic carbocycles. The molecule has 0 atom stereocenters. The lowest BCUT2D eigenvalue weighted by atomic mass is 9.85. The molecule has 0 saturated heterocycles. The fourth-order valence-corrected chi connectivity index (χ4v) is 10.6. The number of benzene rings is 8. The lowest BCUT2D eigenvalue weighted by Gasteiger charge is -2.27. The van der Waals surface area contributed by atoms with Crippen LogP contribution < -0.4 is 4.90 Å². The van der Waals surface area contributed by atoms with Crippen LogP contribution in [-0.4, -0.2) is 13.8 Å². The lowest BCUT2D eigenvalue weighted by molar-refractivity contribution is 0.591. The third-order valence-electron chi connectivity index (χ3n) is 13.6. The number of para-hydroxylation sites is 2. The van der Waals surface area contributed by atoms with E-state index in [0.717, 1.165) is 33.7 Å². The molecule has 5 heterocycles. The maximum absolute atomic E-state index is 5.92. The van der Waals surface area contributed by atoms with Crippen molar-refractivity contribution in [3.05, 3.63) is 169 Å². The molecule has 0 unspecified atom stereocenters. The fourth-order valence-electron chi connectivity index (χ4n) is 10.6. The molecule has 0 radical (unpaired) electrons. The van der Waals surface area contributed by atoms with Crippen LogP contribution in [0.5, 0.6) is 0 Å². The minimum absolute atomic E-state index is 0.0421. The largest absolute Gasteiger partial charge is 0.308 e. The summed E-state index contributed by atoms with van der Waals surface area (Å²) in [6, 6.07) is 58.7. The molecular formula is C57H44N4. The molecule has 0 N–H and O–H groups in total. The molecule has 0 aliphatic heterocycles. The predicted molar refractivity (Wildman–Crippen MR) is 261 cm³/mol. The number of hydrogen-bond donors (Lipinski definition) is 0. The van der Waals surface area contributed by atoms with Gasteiger partial charge in [0, 0.05) is 54.5 Å². The lowest BCUT2D eigenvalue weighted by Crippen LogP contribution is -2.11. The van der Waals surface area contributed by atoms with E-state index in [9.17, 15) is 0 Å². The Morgan fingerprint density at radius 3 is 1.62 bits per heavy atom. The predicted octanol–water partition coefficient (Wildman–Crippen LogP) is 15.8. The highest BCUT2D eigenvalue weighted by molar-refractivity contribution is 6.33. The third-order valence-corrected chi connectivity index (χ3v) is 13.6. The van der Waals surface area contributed by atoms with E-state index in [1.165, 1.54) is 92.4 Å². The van der Waals surface area contributed by atoms with E-state index >= 15 is 0 Å². The molecule has 0 saturated carbocycles. The fraction of sp³-hybridized carbons (Fsp3) is 0.140. The van der Waals surface area contributed by atoms with Crippen LogP contribution in [0.3, 0.4) is 0 Å². The summed E-state index contributed by atoms with van der Waals surface area (Å²) in [5.74, 6) is 0. The molecule has 0 bridgehead atoms. The van der Waals surface area contributed by atoms with Crippen molar-refractivity contribution < 1.29 is 0 Å². The van der Waals surface area contributed by atoms with Gasteiger partial charge in [0.2, 0.25) is 0 Å². The standard InChI is InChI=1S/C57H44N4/c1-56(2,3)35-28-42-41-26-25-33-17-13-16-24-40(33)51(41)61-52(42)43(29-35)44-32-47-50(58-55(44)61)46-31-36(57(4,5)6)30-45-49-39-23-15-14-18-34(39)27-48(54(49)60(47)53(45)46)59(37-19-9-7-10-20-37)38-21-11-8-12-22-38/h7-32H,1-6H3. The van der Waals surface area contributed by atoms with Gasteiger partial charge >= 0.3 is 0 Å². The summed E-state index contributed by atoms with van der Waals surface area (Å²) in [6.07, 6.45) is 0. The van der Waals surface area contributed by atoms with Gasteiger partial charge in [-0.15, -0.1) is 0 Å². The molecule has 0 aliphatic carbocycles. The van der Waals surface area contributed by atoms with Gasteiger partial charge in [-0.1, -0.05) is 139 Å². The number of pyridine rings is 1. The number of aromatic nitrogens is 3. The Kier molecular flexibility index (Phi) is 6.69. The van der Waals surface area contributed by atoms with Crippen molar-refractivity contribution >= 4 is 115 Å². The average Bonchev–Trinajstić information content (AvgIpc) is 3.99. The minimum atomic E-state index is -0.0899. The normalized spacial score (nSPS) is 13.1. The Morgan fingerprint density at radius 1 is 0.410 bits per heavy atom. The zero-order chi connectivity index (χ0) is 41.1. The molecule has 61 heavy (non-hydrogen) atoms. The summed E-state index contributed by atoms with van der Waals surface area (Å²) in [6.45, 7) is 14.0. The highest BCUT2D eigenvalue weighted by Gasteiger charge is 2.30. The van der Waals surface area contributed by atoms with E-state index in [2.05, 4.69) is 213 Å². The second-order valence-electron chi connectivity index (χ2n) is 19.3. The quantitative estimate of drug-likeness (QED) is 0.178. The number of fused-ring (bicyclic) bond motifs is 16. The molecule has 292 valence electrons. The Balaban J connectivity index is 1.29. The molecule has 0 fully saturated rings. The van der Waals surface area contributed by atoms with Crippen LogP contribution in [0.15, 0.2) is 158 Å². The number of nitrogens with zero attached hydrogens (tertiary/aromatic N) is 4. The van der Waals surface area contributed by atoms with Gasteiger partial charge in [0.15, 0.2) is 0 Å². The molecular weight excluding hydrogens is 741 g/mol. The summed E-state index contributed by atoms with van der Waals surface area (Å²) < 4.78 is 5.06. The Hall–Kier alpha value is -7.17. The van der Waals surface area contributed by atoms with E-state index in [4.69, 9.17) is 4.98 Å². The highest BCUT2D eigenvalue weighted by atomic mass is 15.2. The van der Waals surface area contributed by atoms with Crippen molar-refractivity contribution in [2.45, 2.75) is 52.4 Å². The van der Waals surface area contributed by atoms with Crippen molar-refractivity contribution in [2.75, 3.05) is 4.90 Å². The van der Waals surface area contributed by atoms with E-state index in [0.29, 0.717) is 0 Å². The zero-order valence-corrected chi connectivity index (χ0v) is 35.3. The van der Waals surface area contributed by atoms with Crippen molar-refractivity contribution in [1.29, 1.82) is 0 Å².